The van der Waals surface area contributed by atoms with Crippen molar-refractivity contribution in [2.45, 2.75) is 12.5 Å². The van der Waals surface area contributed by atoms with E-state index in [1.165, 1.54) is 18.2 Å². The molecule has 0 aliphatic heterocycles. The van der Waals surface area contributed by atoms with E-state index in [9.17, 15) is 9.59 Å². The average molecular weight is 292 g/mol. The zero-order chi connectivity index (χ0) is 13.7. The molecule has 7 heteroatoms. The summed E-state index contributed by atoms with van der Waals surface area (Å²) in [5.74, 6) is -1.73. The van der Waals surface area contributed by atoms with Gasteiger partial charge in [-0.1, -0.05) is 23.2 Å². The maximum atomic E-state index is 11.6. The van der Waals surface area contributed by atoms with Gasteiger partial charge in [0.15, 0.2) is 6.10 Å². The number of carboxylic acid groups (broad SMARTS) is 1. The van der Waals surface area contributed by atoms with E-state index in [-0.39, 0.29) is 18.0 Å². The van der Waals surface area contributed by atoms with Crippen molar-refractivity contribution in [2.24, 2.45) is 0 Å². The maximum absolute atomic E-state index is 11.6. The Morgan fingerprint density at radius 2 is 1.94 bits per heavy atom. The van der Waals surface area contributed by atoms with Gasteiger partial charge >= 0.3 is 5.97 Å². The molecule has 0 aliphatic rings. The Bertz CT molecular complexity index is 464. The second-order valence-electron chi connectivity index (χ2n) is 3.53. The second kappa shape index (κ2) is 6.58. The number of carbonyl (C=O) groups excluding carboxylic acids is 1. The molecule has 1 aromatic rings. The molecular weight excluding hydrogens is 281 g/mol. The van der Waals surface area contributed by atoms with Crippen LogP contribution in [0.3, 0.4) is 0 Å². The van der Waals surface area contributed by atoms with Crippen molar-refractivity contribution in [3.63, 3.8) is 0 Å². The highest BCUT2D eigenvalue weighted by Crippen LogP contribution is 2.22. The molecule has 0 aliphatic carbocycles. The van der Waals surface area contributed by atoms with Gasteiger partial charge in [-0.25, -0.2) is 4.79 Å². The molecule has 0 saturated carbocycles. The summed E-state index contributed by atoms with van der Waals surface area (Å²) in [4.78, 5) is 21.9. The summed E-state index contributed by atoms with van der Waals surface area (Å²) in [5.41, 5.74) is 0.314. The number of carboxylic acids is 1. The first-order valence-electron chi connectivity index (χ1n) is 5.06. The summed E-state index contributed by atoms with van der Waals surface area (Å²) in [5, 5.41) is 20.5. The SMILES string of the molecule is O=C(NCCC(O)C(=O)O)c1ccc(Cl)c(Cl)c1. The van der Waals surface area contributed by atoms with Crippen LogP contribution in [0.1, 0.15) is 16.8 Å². The number of aliphatic hydroxyl groups is 1. The van der Waals surface area contributed by atoms with Crippen molar-refractivity contribution < 1.29 is 19.8 Å². The van der Waals surface area contributed by atoms with E-state index in [0.717, 1.165) is 0 Å². The fourth-order valence-electron chi connectivity index (χ4n) is 1.19. The Kier molecular flexibility index (Phi) is 5.40. The Morgan fingerprint density at radius 3 is 2.50 bits per heavy atom. The van der Waals surface area contributed by atoms with Gasteiger partial charge in [-0.3, -0.25) is 4.79 Å². The number of aliphatic hydroxyl groups excluding tert-OH is 1. The molecule has 1 amide bonds. The molecule has 18 heavy (non-hydrogen) atoms. The number of aliphatic carboxylic acids is 1. The molecular formula is C11H11Cl2NO4. The lowest BCUT2D eigenvalue weighted by atomic mass is 10.2. The third kappa shape index (κ3) is 4.18. The first-order valence-corrected chi connectivity index (χ1v) is 5.81. The molecule has 1 rings (SSSR count). The number of benzene rings is 1. The molecule has 0 heterocycles. The molecule has 5 nitrogen and oxygen atoms in total. The summed E-state index contributed by atoms with van der Waals surface area (Å²) in [6, 6.07) is 4.40. The highest BCUT2D eigenvalue weighted by molar-refractivity contribution is 6.42. The molecule has 1 unspecified atom stereocenters. The predicted molar refractivity (Wildman–Crippen MR) is 67.1 cm³/mol. The van der Waals surface area contributed by atoms with Gasteiger partial charge in [0.05, 0.1) is 10.0 Å². The Labute approximate surface area is 113 Å². The monoisotopic (exact) mass is 291 g/mol. The van der Waals surface area contributed by atoms with E-state index in [0.29, 0.717) is 10.6 Å². The van der Waals surface area contributed by atoms with Crippen molar-refractivity contribution in [2.75, 3.05) is 6.54 Å². The van der Waals surface area contributed by atoms with Gasteiger partial charge in [0.2, 0.25) is 0 Å². The number of halogens is 2. The maximum Gasteiger partial charge on any atom is 0.332 e. The fraction of sp³-hybridized carbons (Fsp3) is 0.273. The number of nitrogens with one attached hydrogen (secondary N) is 1. The van der Waals surface area contributed by atoms with Crippen LogP contribution in [-0.4, -0.2) is 34.7 Å². The van der Waals surface area contributed by atoms with E-state index in [1.54, 1.807) is 0 Å². The van der Waals surface area contributed by atoms with Crippen LogP contribution in [0.25, 0.3) is 0 Å². The van der Waals surface area contributed by atoms with Crippen molar-refractivity contribution >= 4 is 35.1 Å². The highest BCUT2D eigenvalue weighted by Gasteiger charge is 2.13. The van der Waals surface area contributed by atoms with E-state index in [1.807, 2.05) is 0 Å². The summed E-state index contributed by atoms with van der Waals surface area (Å²) in [7, 11) is 0. The van der Waals surface area contributed by atoms with Gasteiger partial charge in [0, 0.05) is 18.5 Å². The standard InChI is InChI=1S/C11H11Cl2NO4/c12-7-2-1-6(5-8(7)13)10(16)14-4-3-9(15)11(17)18/h1-2,5,9,15H,3-4H2,(H,14,16)(H,17,18). The van der Waals surface area contributed by atoms with Crippen molar-refractivity contribution in [1.29, 1.82) is 0 Å². The van der Waals surface area contributed by atoms with E-state index in [2.05, 4.69) is 5.32 Å². The zero-order valence-corrected chi connectivity index (χ0v) is 10.7. The first kappa shape index (κ1) is 14.8. The molecule has 0 spiro atoms. The molecule has 1 atom stereocenters. The predicted octanol–water partition coefficient (Wildman–Crippen LogP) is 1.56. The third-order valence-corrected chi connectivity index (χ3v) is 2.91. The second-order valence-corrected chi connectivity index (χ2v) is 4.34. The van der Waals surface area contributed by atoms with Crippen molar-refractivity contribution in [3.8, 4) is 0 Å². The summed E-state index contributed by atoms with van der Waals surface area (Å²) >= 11 is 11.5. The molecule has 0 fully saturated rings. The summed E-state index contributed by atoms with van der Waals surface area (Å²) in [6.07, 6.45) is -1.55. The first-order chi connectivity index (χ1) is 8.41. The van der Waals surface area contributed by atoms with Gasteiger partial charge < -0.3 is 15.5 Å². The van der Waals surface area contributed by atoms with E-state index >= 15 is 0 Å². The molecule has 0 bridgehead atoms. The Balaban J connectivity index is 2.50. The van der Waals surface area contributed by atoms with Crippen LogP contribution < -0.4 is 5.32 Å². The number of hydrogen-bond donors (Lipinski definition) is 3. The quantitative estimate of drug-likeness (QED) is 0.768. The lowest BCUT2D eigenvalue weighted by Crippen LogP contribution is -2.30. The average Bonchev–Trinajstić information content (AvgIpc) is 2.32. The van der Waals surface area contributed by atoms with Gasteiger partial charge in [-0.2, -0.15) is 0 Å². The molecule has 0 radical (unpaired) electrons. The zero-order valence-electron chi connectivity index (χ0n) is 9.19. The molecule has 0 aromatic heterocycles. The van der Waals surface area contributed by atoms with Crippen LogP contribution >= 0.6 is 23.2 Å². The number of carbonyl (C=O) groups is 2. The van der Waals surface area contributed by atoms with Crippen molar-refractivity contribution in [3.05, 3.63) is 33.8 Å². The molecule has 1 aromatic carbocycles. The van der Waals surface area contributed by atoms with Crippen LogP contribution in [0.2, 0.25) is 10.0 Å². The minimum absolute atomic E-state index is 0.0482. The van der Waals surface area contributed by atoms with E-state index < -0.39 is 18.0 Å². The normalized spacial score (nSPS) is 11.9. The highest BCUT2D eigenvalue weighted by atomic mass is 35.5. The van der Waals surface area contributed by atoms with Crippen LogP contribution in [0, 0.1) is 0 Å². The number of amides is 1. The third-order valence-electron chi connectivity index (χ3n) is 2.17. The topological polar surface area (TPSA) is 86.6 Å². The van der Waals surface area contributed by atoms with Crippen molar-refractivity contribution in [1.82, 2.24) is 5.32 Å². The van der Waals surface area contributed by atoms with Gasteiger partial charge in [-0.15, -0.1) is 0 Å². The van der Waals surface area contributed by atoms with Crippen LogP contribution in [0.4, 0.5) is 0 Å². The van der Waals surface area contributed by atoms with Crippen LogP contribution in [-0.2, 0) is 4.79 Å². The van der Waals surface area contributed by atoms with Gasteiger partial charge in [0.1, 0.15) is 0 Å². The summed E-state index contributed by atoms with van der Waals surface area (Å²) < 4.78 is 0. The fourth-order valence-corrected chi connectivity index (χ4v) is 1.48. The van der Waals surface area contributed by atoms with Gasteiger partial charge in [-0.05, 0) is 18.2 Å². The Morgan fingerprint density at radius 1 is 1.28 bits per heavy atom. The van der Waals surface area contributed by atoms with Gasteiger partial charge in [0.25, 0.3) is 5.91 Å². The summed E-state index contributed by atoms with van der Waals surface area (Å²) in [6.45, 7) is 0.0482. The van der Waals surface area contributed by atoms with Crippen LogP contribution in [0.15, 0.2) is 18.2 Å². The molecule has 3 N–H and O–H groups in total. The minimum atomic E-state index is -1.49. The Hall–Kier alpha value is -1.30. The van der Waals surface area contributed by atoms with Crippen LogP contribution in [0.5, 0.6) is 0 Å². The molecule has 0 saturated heterocycles. The lowest BCUT2D eigenvalue weighted by molar-refractivity contribution is -0.146. The van der Waals surface area contributed by atoms with E-state index in [4.69, 9.17) is 33.4 Å². The molecule has 98 valence electrons. The smallest absolute Gasteiger partial charge is 0.332 e. The minimum Gasteiger partial charge on any atom is -0.479 e. The number of hydrogen-bond acceptors (Lipinski definition) is 3. The number of rotatable bonds is 5. The largest absolute Gasteiger partial charge is 0.479 e. The lowest BCUT2D eigenvalue weighted by Gasteiger charge is -2.07.